The summed E-state index contributed by atoms with van der Waals surface area (Å²) in [6, 6.07) is 13.1. The summed E-state index contributed by atoms with van der Waals surface area (Å²) in [5, 5.41) is 21.6. The quantitative estimate of drug-likeness (QED) is 0.319. The normalized spacial score (nSPS) is 12.7. The highest BCUT2D eigenvalue weighted by molar-refractivity contribution is 7.92. The summed E-state index contributed by atoms with van der Waals surface area (Å²) in [5.74, 6) is 0. The predicted octanol–water partition coefficient (Wildman–Crippen LogP) is 2.74. The Balaban J connectivity index is 1.34. The number of benzene rings is 2. The number of H-pyrrole nitrogens is 1. The van der Waals surface area contributed by atoms with Gasteiger partial charge in [0.25, 0.3) is 0 Å². The second-order valence-electron chi connectivity index (χ2n) is 7.41. The van der Waals surface area contributed by atoms with Crippen molar-refractivity contribution < 1.29 is 8.42 Å². The Hall–Kier alpha value is -3.02. The van der Waals surface area contributed by atoms with Crippen molar-refractivity contribution in [3.63, 3.8) is 0 Å². The number of fused-ring (bicyclic) bond motifs is 1. The van der Waals surface area contributed by atoms with Gasteiger partial charge in [-0.15, -0.1) is 10.2 Å². The summed E-state index contributed by atoms with van der Waals surface area (Å²) in [5.41, 5.74) is 10.7. The lowest BCUT2D eigenvalue weighted by Gasteiger charge is -2.12. The molecule has 4 aromatic rings. The van der Waals surface area contributed by atoms with Crippen LogP contribution in [0.4, 0.5) is 10.8 Å². The first kappa shape index (κ1) is 21.2. The van der Waals surface area contributed by atoms with Crippen LogP contribution >= 0.6 is 11.3 Å². The standard InChI is InChI=1S/C20H23N7O2S2/c1-12-17-10-14(5-8-18(17)24-23-12)19-25-26-20(30-19)22-11-15(21)9-13-3-6-16(7-4-13)27-31(2,28)29/h3-8,10,15,27H,9,11,21H2,1-2H3,(H,22,26)(H,23,24). The molecule has 4 rings (SSSR count). The highest BCUT2D eigenvalue weighted by Gasteiger charge is 2.11. The van der Waals surface area contributed by atoms with Gasteiger partial charge >= 0.3 is 0 Å². The number of nitrogens with one attached hydrogen (secondary N) is 3. The minimum atomic E-state index is -3.28. The third-order valence-electron chi connectivity index (χ3n) is 4.69. The van der Waals surface area contributed by atoms with Crippen molar-refractivity contribution in [2.75, 3.05) is 22.8 Å². The van der Waals surface area contributed by atoms with Gasteiger partial charge in [-0.3, -0.25) is 9.82 Å². The number of nitrogens with two attached hydrogens (primary N) is 1. The molecule has 0 amide bonds. The Bertz CT molecular complexity index is 1300. The van der Waals surface area contributed by atoms with Crippen molar-refractivity contribution in [1.82, 2.24) is 20.4 Å². The summed E-state index contributed by atoms with van der Waals surface area (Å²) in [7, 11) is -3.28. The van der Waals surface area contributed by atoms with Gasteiger partial charge in [0, 0.05) is 34.9 Å². The van der Waals surface area contributed by atoms with E-state index >= 15 is 0 Å². The van der Waals surface area contributed by atoms with Crippen LogP contribution in [0.1, 0.15) is 11.3 Å². The first-order valence-electron chi connectivity index (χ1n) is 9.61. The molecule has 0 spiro atoms. The fourth-order valence-corrected chi connectivity index (χ4v) is 4.51. The molecule has 0 saturated heterocycles. The fraction of sp³-hybridized carbons (Fsp3) is 0.250. The van der Waals surface area contributed by atoms with Crippen LogP contribution in [-0.4, -0.2) is 47.7 Å². The average molecular weight is 458 g/mol. The maximum absolute atomic E-state index is 11.3. The Morgan fingerprint density at radius 1 is 1.16 bits per heavy atom. The average Bonchev–Trinajstić information content (AvgIpc) is 3.34. The number of aryl methyl sites for hydroxylation is 1. The molecule has 9 nitrogen and oxygen atoms in total. The third-order valence-corrected chi connectivity index (χ3v) is 6.22. The lowest BCUT2D eigenvalue weighted by atomic mass is 10.1. The van der Waals surface area contributed by atoms with Crippen molar-refractivity contribution >= 4 is 43.1 Å². The maximum atomic E-state index is 11.3. The van der Waals surface area contributed by atoms with Crippen LogP contribution in [0.15, 0.2) is 42.5 Å². The SMILES string of the molecule is Cc1[nH]nc2ccc(-c3nnc(NCC(N)Cc4ccc(NS(C)(=O)=O)cc4)s3)cc12. The van der Waals surface area contributed by atoms with Crippen molar-refractivity contribution in [3.05, 3.63) is 53.7 Å². The van der Waals surface area contributed by atoms with Crippen LogP contribution in [0.2, 0.25) is 0 Å². The number of aromatic nitrogens is 4. The molecular weight excluding hydrogens is 434 g/mol. The van der Waals surface area contributed by atoms with Crippen molar-refractivity contribution in [1.29, 1.82) is 0 Å². The lowest BCUT2D eigenvalue weighted by Crippen LogP contribution is -2.31. The van der Waals surface area contributed by atoms with E-state index in [1.807, 2.05) is 31.2 Å². The van der Waals surface area contributed by atoms with E-state index in [1.165, 1.54) is 11.3 Å². The molecule has 31 heavy (non-hydrogen) atoms. The summed E-state index contributed by atoms with van der Waals surface area (Å²) in [6.45, 7) is 2.53. The van der Waals surface area contributed by atoms with E-state index in [2.05, 4.69) is 36.5 Å². The monoisotopic (exact) mass is 457 g/mol. The van der Waals surface area contributed by atoms with Gasteiger partial charge in [-0.2, -0.15) is 5.10 Å². The van der Waals surface area contributed by atoms with Crippen molar-refractivity contribution in [2.45, 2.75) is 19.4 Å². The van der Waals surface area contributed by atoms with Crippen LogP contribution in [-0.2, 0) is 16.4 Å². The molecule has 1 unspecified atom stereocenters. The van der Waals surface area contributed by atoms with E-state index in [4.69, 9.17) is 5.73 Å². The van der Waals surface area contributed by atoms with Gasteiger partial charge in [-0.1, -0.05) is 23.5 Å². The zero-order valence-electron chi connectivity index (χ0n) is 17.1. The second-order valence-corrected chi connectivity index (χ2v) is 10.1. The van der Waals surface area contributed by atoms with Crippen molar-refractivity contribution in [3.8, 4) is 10.6 Å². The zero-order chi connectivity index (χ0) is 22.0. The zero-order valence-corrected chi connectivity index (χ0v) is 18.7. The maximum Gasteiger partial charge on any atom is 0.229 e. The Morgan fingerprint density at radius 3 is 2.68 bits per heavy atom. The van der Waals surface area contributed by atoms with Crippen LogP contribution in [0.3, 0.4) is 0 Å². The Kier molecular flexibility index (Phi) is 5.90. The molecule has 2 heterocycles. The second kappa shape index (κ2) is 8.61. The minimum absolute atomic E-state index is 0.133. The molecule has 0 radical (unpaired) electrons. The number of aromatic amines is 1. The highest BCUT2D eigenvalue weighted by Crippen LogP contribution is 2.29. The van der Waals surface area contributed by atoms with Crippen LogP contribution in [0, 0.1) is 6.92 Å². The fourth-order valence-electron chi connectivity index (χ4n) is 3.20. The Labute approximate surface area is 184 Å². The Morgan fingerprint density at radius 2 is 1.94 bits per heavy atom. The topological polar surface area (TPSA) is 139 Å². The van der Waals surface area contributed by atoms with Gasteiger partial charge in [0.2, 0.25) is 15.2 Å². The van der Waals surface area contributed by atoms with Gasteiger partial charge in [0.1, 0.15) is 5.01 Å². The van der Waals surface area contributed by atoms with E-state index in [0.29, 0.717) is 23.8 Å². The molecule has 0 saturated carbocycles. The molecule has 11 heteroatoms. The molecule has 0 bridgehead atoms. The summed E-state index contributed by atoms with van der Waals surface area (Å²) in [4.78, 5) is 0. The predicted molar refractivity (Wildman–Crippen MR) is 125 cm³/mol. The van der Waals surface area contributed by atoms with Gasteiger partial charge in [-0.05, 0) is 49.2 Å². The molecule has 162 valence electrons. The van der Waals surface area contributed by atoms with E-state index in [-0.39, 0.29) is 6.04 Å². The van der Waals surface area contributed by atoms with Crippen molar-refractivity contribution in [2.24, 2.45) is 5.73 Å². The number of nitrogens with zero attached hydrogens (tertiary/aromatic N) is 3. The van der Waals surface area contributed by atoms with E-state index in [9.17, 15) is 8.42 Å². The molecule has 2 aromatic carbocycles. The van der Waals surface area contributed by atoms with Gasteiger partial charge in [0.05, 0.1) is 11.8 Å². The first-order valence-corrected chi connectivity index (χ1v) is 12.3. The van der Waals surface area contributed by atoms with Gasteiger partial charge in [0.15, 0.2) is 0 Å². The summed E-state index contributed by atoms with van der Waals surface area (Å²) >= 11 is 1.47. The van der Waals surface area contributed by atoms with E-state index in [1.54, 1.807) is 12.1 Å². The van der Waals surface area contributed by atoms with Gasteiger partial charge < -0.3 is 11.1 Å². The smallest absolute Gasteiger partial charge is 0.229 e. The molecule has 0 aliphatic carbocycles. The summed E-state index contributed by atoms with van der Waals surface area (Å²) < 4.78 is 25.0. The first-order chi connectivity index (χ1) is 14.8. The van der Waals surface area contributed by atoms with Crippen LogP contribution in [0.25, 0.3) is 21.5 Å². The molecule has 2 aromatic heterocycles. The van der Waals surface area contributed by atoms with Crippen LogP contribution in [0.5, 0.6) is 0 Å². The lowest BCUT2D eigenvalue weighted by molar-refractivity contribution is 0.607. The van der Waals surface area contributed by atoms with E-state index < -0.39 is 10.0 Å². The van der Waals surface area contributed by atoms with Crippen LogP contribution < -0.4 is 15.8 Å². The molecule has 1 atom stereocenters. The number of rotatable bonds is 8. The largest absolute Gasteiger partial charge is 0.359 e. The summed E-state index contributed by atoms with van der Waals surface area (Å²) in [6.07, 6.45) is 1.77. The number of anilines is 2. The molecule has 0 fully saturated rings. The molecule has 0 aliphatic rings. The minimum Gasteiger partial charge on any atom is -0.359 e. The number of sulfonamides is 1. The molecule has 0 aliphatic heterocycles. The highest BCUT2D eigenvalue weighted by atomic mass is 32.2. The molecular formula is C20H23N7O2S2. The molecule has 5 N–H and O–H groups in total. The third kappa shape index (κ3) is 5.37. The number of hydrogen-bond acceptors (Lipinski definition) is 8. The van der Waals surface area contributed by atoms with Gasteiger partial charge in [-0.25, -0.2) is 8.42 Å². The number of hydrogen-bond donors (Lipinski definition) is 4. The van der Waals surface area contributed by atoms with E-state index in [0.717, 1.165) is 39.0 Å².